The number of nitrogens with one attached hydrogen (secondary N) is 1. The lowest BCUT2D eigenvalue weighted by atomic mass is 10.2. The first-order valence-electron chi connectivity index (χ1n) is 8.25. The topological polar surface area (TPSA) is 59.3 Å². The summed E-state index contributed by atoms with van der Waals surface area (Å²) in [6.45, 7) is 2.89. The summed E-state index contributed by atoms with van der Waals surface area (Å²) >= 11 is 3.11. The van der Waals surface area contributed by atoms with E-state index in [9.17, 15) is 4.79 Å². The summed E-state index contributed by atoms with van der Waals surface area (Å²) in [4.78, 5) is 17.8. The van der Waals surface area contributed by atoms with E-state index in [-0.39, 0.29) is 11.7 Å². The van der Waals surface area contributed by atoms with E-state index in [0.29, 0.717) is 0 Å². The maximum absolute atomic E-state index is 12.0. The van der Waals surface area contributed by atoms with Crippen LogP contribution in [0.2, 0.25) is 0 Å². The lowest BCUT2D eigenvalue weighted by molar-refractivity contribution is -0.118. The van der Waals surface area contributed by atoms with E-state index >= 15 is 0 Å². The van der Waals surface area contributed by atoms with Crippen molar-refractivity contribution in [2.75, 3.05) is 12.0 Å². The first kappa shape index (κ1) is 18.5. The molecule has 1 aromatic heterocycles. The van der Waals surface area contributed by atoms with Gasteiger partial charge in [0, 0.05) is 11.4 Å². The molecule has 5 nitrogen and oxygen atoms in total. The monoisotopic (exact) mass is 384 g/mol. The number of fused-ring (bicyclic) bond motifs is 1. The molecule has 0 aliphatic heterocycles. The van der Waals surface area contributed by atoms with Gasteiger partial charge >= 0.3 is 0 Å². The van der Waals surface area contributed by atoms with Crippen molar-refractivity contribution in [1.29, 1.82) is 0 Å². The minimum absolute atomic E-state index is 0.151. The third kappa shape index (κ3) is 4.47. The van der Waals surface area contributed by atoms with E-state index in [1.54, 1.807) is 18.0 Å². The van der Waals surface area contributed by atoms with Gasteiger partial charge in [0.2, 0.25) is 0 Å². The van der Waals surface area contributed by atoms with Crippen molar-refractivity contribution in [3.05, 3.63) is 54.1 Å². The minimum Gasteiger partial charge on any atom is -0.319 e. The molecule has 1 N–H and O–H groups in total. The molecule has 26 heavy (non-hydrogen) atoms. The molecule has 1 heterocycles. The van der Waals surface area contributed by atoms with Crippen LogP contribution in [0.5, 0.6) is 0 Å². The normalized spacial score (nSPS) is 11.3. The minimum atomic E-state index is -0.151. The molecule has 3 aromatic rings. The average molecular weight is 385 g/mol. The number of benzene rings is 2. The van der Waals surface area contributed by atoms with Crippen LogP contribution in [0.15, 0.2) is 63.7 Å². The second-order valence-corrected chi connectivity index (χ2v) is 7.30. The Labute approximate surface area is 161 Å². The van der Waals surface area contributed by atoms with Gasteiger partial charge in [0.05, 0.1) is 23.0 Å². The predicted octanol–water partition coefficient (Wildman–Crippen LogP) is 4.02. The number of nitrogens with zero attached hydrogens (tertiary/aromatic N) is 3. The zero-order valence-electron chi connectivity index (χ0n) is 14.7. The fraction of sp³-hybridized carbons (Fsp3) is 0.211. The van der Waals surface area contributed by atoms with Gasteiger partial charge in [-0.3, -0.25) is 4.79 Å². The van der Waals surface area contributed by atoms with Crippen LogP contribution >= 0.6 is 23.5 Å². The molecule has 0 saturated carbocycles. The molecule has 3 rings (SSSR count). The van der Waals surface area contributed by atoms with Gasteiger partial charge in [0.1, 0.15) is 0 Å². The maximum Gasteiger partial charge on any atom is 0.250 e. The number of carbonyl (C=O) groups is 1. The summed E-state index contributed by atoms with van der Waals surface area (Å²) in [6, 6.07) is 16.0. The number of amides is 1. The number of aromatic nitrogens is 2. The Kier molecular flexibility index (Phi) is 6.35. The highest BCUT2D eigenvalue weighted by atomic mass is 32.2. The molecule has 0 aliphatic rings. The maximum atomic E-state index is 12.0. The van der Waals surface area contributed by atoms with Crippen LogP contribution in [-0.2, 0) is 11.3 Å². The van der Waals surface area contributed by atoms with Crippen LogP contribution < -0.4 is 5.43 Å². The molecule has 0 radical (unpaired) electrons. The van der Waals surface area contributed by atoms with E-state index in [4.69, 9.17) is 0 Å². The number of carbonyl (C=O) groups excluding carboxylic acids is 1. The molecule has 1 amide bonds. The Hall–Kier alpha value is -2.25. The number of hydrazone groups is 1. The predicted molar refractivity (Wildman–Crippen MR) is 110 cm³/mol. The van der Waals surface area contributed by atoms with Crippen LogP contribution in [0.4, 0.5) is 0 Å². The van der Waals surface area contributed by atoms with Crippen LogP contribution in [0, 0.1) is 0 Å². The molecule has 0 bridgehead atoms. The SMILES string of the molecule is CCn1c(SCC(=O)NN=Cc2ccc(SC)cc2)nc2ccccc21. The van der Waals surface area contributed by atoms with Gasteiger partial charge in [-0.2, -0.15) is 5.10 Å². The lowest BCUT2D eigenvalue weighted by Crippen LogP contribution is -2.20. The van der Waals surface area contributed by atoms with E-state index in [2.05, 4.69) is 27.0 Å². The van der Waals surface area contributed by atoms with Crippen molar-refractivity contribution in [3.63, 3.8) is 0 Å². The molecule has 0 aliphatic carbocycles. The standard InChI is InChI=1S/C19H20N4OS2/c1-3-23-17-7-5-4-6-16(17)21-19(23)26-13-18(24)22-20-12-14-8-10-15(25-2)11-9-14/h4-12H,3,13H2,1-2H3,(H,22,24). The van der Waals surface area contributed by atoms with Gasteiger partial charge < -0.3 is 4.57 Å². The quantitative estimate of drug-likeness (QED) is 0.380. The molecular weight excluding hydrogens is 364 g/mol. The first-order chi connectivity index (χ1) is 12.7. The Morgan fingerprint density at radius 2 is 2.00 bits per heavy atom. The zero-order valence-corrected chi connectivity index (χ0v) is 16.3. The third-order valence-electron chi connectivity index (χ3n) is 3.79. The second kappa shape index (κ2) is 8.91. The van der Waals surface area contributed by atoms with Crippen LogP contribution in [0.1, 0.15) is 12.5 Å². The van der Waals surface area contributed by atoms with E-state index in [0.717, 1.165) is 28.3 Å². The Morgan fingerprint density at radius 3 is 2.73 bits per heavy atom. The van der Waals surface area contributed by atoms with Gasteiger partial charge in [-0.1, -0.05) is 36.0 Å². The number of aryl methyl sites for hydroxylation is 1. The highest BCUT2D eigenvalue weighted by Gasteiger charge is 2.11. The van der Waals surface area contributed by atoms with Crippen molar-refractivity contribution in [2.24, 2.45) is 5.10 Å². The highest BCUT2D eigenvalue weighted by Crippen LogP contribution is 2.23. The van der Waals surface area contributed by atoms with Crippen molar-refractivity contribution >= 4 is 46.7 Å². The summed E-state index contributed by atoms with van der Waals surface area (Å²) < 4.78 is 2.11. The van der Waals surface area contributed by atoms with Gasteiger partial charge in [-0.15, -0.1) is 11.8 Å². The summed E-state index contributed by atoms with van der Waals surface area (Å²) in [5.74, 6) is 0.119. The molecule has 0 saturated heterocycles. The summed E-state index contributed by atoms with van der Waals surface area (Å²) in [5.41, 5.74) is 5.55. The van der Waals surface area contributed by atoms with E-state index < -0.39 is 0 Å². The van der Waals surface area contributed by atoms with Crippen LogP contribution in [-0.4, -0.2) is 33.7 Å². The first-order valence-corrected chi connectivity index (χ1v) is 10.5. The van der Waals surface area contributed by atoms with Crippen molar-refractivity contribution in [3.8, 4) is 0 Å². The second-order valence-electron chi connectivity index (χ2n) is 5.48. The molecule has 2 aromatic carbocycles. The third-order valence-corrected chi connectivity index (χ3v) is 5.51. The Balaban J connectivity index is 1.56. The van der Waals surface area contributed by atoms with Gasteiger partial charge in [0.15, 0.2) is 5.16 Å². The smallest absolute Gasteiger partial charge is 0.250 e. The fourth-order valence-electron chi connectivity index (χ4n) is 2.50. The molecule has 0 unspecified atom stereocenters. The number of hydrogen-bond acceptors (Lipinski definition) is 5. The molecule has 0 atom stereocenters. The van der Waals surface area contributed by atoms with Crippen molar-refractivity contribution in [1.82, 2.24) is 15.0 Å². The lowest BCUT2D eigenvalue weighted by Gasteiger charge is -2.04. The highest BCUT2D eigenvalue weighted by molar-refractivity contribution is 7.99. The van der Waals surface area contributed by atoms with Crippen LogP contribution in [0.3, 0.4) is 0 Å². The summed E-state index contributed by atoms with van der Waals surface area (Å²) in [7, 11) is 0. The Bertz CT molecular complexity index is 919. The number of para-hydroxylation sites is 2. The average Bonchev–Trinajstić information content (AvgIpc) is 3.04. The van der Waals surface area contributed by atoms with Gasteiger partial charge in [-0.25, -0.2) is 10.4 Å². The van der Waals surface area contributed by atoms with Crippen LogP contribution in [0.25, 0.3) is 11.0 Å². The molecule has 7 heteroatoms. The van der Waals surface area contributed by atoms with Gasteiger partial charge in [0.25, 0.3) is 5.91 Å². The fourth-order valence-corrected chi connectivity index (χ4v) is 3.78. The van der Waals surface area contributed by atoms with E-state index in [1.807, 2.05) is 54.8 Å². The zero-order chi connectivity index (χ0) is 18.4. The molecule has 134 valence electrons. The summed E-state index contributed by atoms with van der Waals surface area (Å²) in [6.07, 6.45) is 3.68. The largest absolute Gasteiger partial charge is 0.319 e. The van der Waals surface area contributed by atoms with Crippen molar-refractivity contribution < 1.29 is 4.79 Å². The van der Waals surface area contributed by atoms with Gasteiger partial charge in [-0.05, 0) is 43.0 Å². The Morgan fingerprint density at radius 1 is 1.23 bits per heavy atom. The molecule has 0 spiro atoms. The number of rotatable bonds is 7. The number of imidazole rings is 1. The van der Waals surface area contributed by atoms with Crippen molar-refractivity contribution in [2.45, 2.75) is 23.5 Å². The molecule has 0 fully saturated rings. The molecular formula is C19H20N4OS2. The number of thioether (sulfide) groups is 2. The summed E-state index contributed by atoms with van der Waals surface area (Å²) in [5, 5.41) is 4.87. The van der Waals surface area contributed by atoms with E-state index in [1.165, 1.54) is 16.7 Å². The number of hydrogen-bond donors (Lipinski definition) is 1.